The summed E-state index contributed by atoms with van der Waals surface area (Å²) in [6.07, 6.45) is 3.63. The molecule has 2 rings (SSSR count). The Morgan fingerprint density at radius 1 is 1.29 bits per heavy atom. The molecule has 0 amide bonds. The zero-order valence-corrected chi connectivity index (χ0v) is 11.5. The average Bonchev–Trinajstić information content (AvgIpc) is 2.53. The standard InChI is InChI=1S/C16H22O/c1-10(2)6-13-7-11(3)14-9-16(17-5)12(4)8-15(13)14/h6,8-9,11,13H,7H2,1-5H3. The summed E-state index contributed by atoms with van der Waals surface area (Å²) >= 11 is 0. The van der Waals surface area contributed by atoms with Crippen LogP contribution >= 0.6 is 0 Å². The maximum atomic E-state index is 5.42. The third-order valence-corrected chi connectivity index (χ3v) is 3.67. The molecule has 0 fully saturated rings. The van der Waals surface area contributed by atoms with Gasteiger partial charge in [-0.1, -0.05) is 24.6 Å². The number of methoxy groups -OCH3 is 1. The van der Waals surface area contributed by atoms with Crippen molar-refractivity contribution in [3.8, 4) is 5.75 Å². The second-order valence-corrected chi connectivity index (χ2v) is 5.44. The average molecular weight is 230 g/mol. The fraction of sp³-hybridized carbons (Fsp3) is 0.500. The smallest absolute Gasteiger partial charge is 0.122 e. The molecule has 0 saturated carbocycles. The van der Waals surface area contributed by atoms with Gasteiger partial charge >= 0.3 is 0 Å². The van der Waals surface area contributed by atoms with Crippen LogP contribution in [0, 0.1) is 6.92 Å². The first-order valence-corrected chi connectivity index (χ1v) is 6.36. The third kappa shape index (κ3) is 2.24. The lowest BCUT2D eigenvalue weighted by Gasteiger charge is -2.11. The van der Waals surface area contributed by atoms with Crippen LogP contribution in [0.1, 0.15) is 55.7 Å². The molecule has 0 heterocycles. The number of rotatable bonds is 2. The Bertz CT molecular complexity index is 453. The van der Waals surface area contributed by atoms with Crippen LogP contribution in [0.4, 0.5) is 0 Å². The van der Waals surface area contributed by atoms with E-state index >= 15 is 0 Å². The van der Waals surface area contributed by atoms with Gasteiger partial charge in [-0.05, 0) is 55.9 Å². The van der Waals surface area contributed by atoms with Crippen LogP contribution in [0.5, 0.6) is 5.75 Å². The van der Waals surface area contributed by atoms with Gasteiger partial charge in [-0.2, -0.15) is 0 Å². The van der Waals surface area contributed by atoms with E-state index in [2.05, 4.69) is 45.9 Å². The lowest BCUT2D eigenvalue weighted by atomic mass is 9.97. The van der Waals surface area contributed by atoms with Crippen molar-refractivity contribution in [2.75, 3.05) is 7.11 Å². The SMILES string of the molecule is COc1cc2c(cc1C)C(C=C(C)C)CC2C. The first-order chi connectivity index (χ1) is 8.02. The van der Waals surface area contributed by atoms with Crippen molar-refractivity contribution in [1.29, 1.82) is 0 Å². The van der Waals surface area contributed by atoms with Gasteiger partial charge in [0.15, 0.2) is 0 Å². The Balaban J connectivity index is 2.48. The zero-order chi connectivity index (χ0) is 12.6. The molecule has 2 unspecified atom stereocenters. The molecule has 92 valence electrons. The van der Waals surface area contributed by atoms with Crippen LogP contribution in [-0.4, -0.2) is 7.11 Å². The molecular formula is C16H22O. The Morgan fingerprint density at radius 2 is 2.00 bits per heavy atom. The Morgan fingerprint density at radius 3 is 2.59 bits per heavy atom. The summed E-state index contributed by atoms with van der Waals surface area (Å²) in [5.74, 6) is 2.25. The van der Waals surface area contributed by atoms with Crippen molar-refractivity contribution in [2.45, 2.75) is 46.0 Å². The normalized spacial score (nSPS) is 22.2. The van der Waals surface area contributed by atoms with Gasteiger partial charge in [0.25, 0.3) is 0 Å². The fourth-order valence-corrected chi connectivity index (χ4v) is 2.89. The topological polar surface area (TPSA) is 9.23 Å². The molecule has 1 heteroatoms. The minimum absolute atomic E-state index is 0.592. The van der Waals surface area contributed by atoms with Gasteiger partial charge in [-0.3, -0.25) is 0 Å². The summed E-state index contributed by atoms with van der Waals surface area (Å²) in [6.45, 7) is 8.80. The van der Waals surface area contributed by atoms with Gasteiger partial charge in [-0.25, -0.2) is 0 Å². The van der Waals surface area contributed by atoms with E-state index in [-0.39, 0.29) is 0 Å². The predicted molar refractivity (Wildman–Crippen MR) is 72.9 cm³/mol. The molecule has 17 heavy (non-hydrogen) atoms. The van der Waals surface area contributed by atoms with Gasteiger partial charge in [0.2, 0.25) is 0 Å². The number of aryl methyl sites for hydroxylation is 1. The number of hydrogen-bond donors (Lipinski definition) is 0. The summed E-state index contributed by atoms with van der Waals surface area (Å²) < 4.78 is 5.42. The van der Waals surface area contributed by atoms with Crippen molar-refractivity contribution in [1.82, 2.24) is 0 Å². The zero-order valence-electron chi connectivity index (χ0n) is 11.5. The molecule has 0 radical (unpaired) electrons. The van der Waals surface area contributed by atoms with Crippen molar-refractivity contribution in [3.63, 3.8) is 0 Å². The van der Waals surface area contributed by atoms with E-state index in [0.29, 0.717) is 11.8 Å². The molecule has 1 aliphatic carbocycles. The van der Waals surface area contributed by atoms with Crippen molar-refractivity contribution in [2.24, 2.45) is 0 Å². The van der Waals surface area contributed by atoms with Crippen LogP contribution in [0.25, 0.3) is 0 Å². The lowest BCUT2D eigenvalue weighted by Crippen LogP contribution is -1.94. The number of allylic oxidation sites excluding steroid dienone is 2. The van der Waals surface area contributed by atoms with E-state index < -0.39 is 0 Å². The van der Waals surface area contributed by atoms with Crippen LogP contribution in [0.2, 0.25) is 0 Å². The molecular weight excluding hydrogens is 208 g/mol. The number of hydrogen-bond acceptors (Lipinski definition) is 1. The van der Waals surface area contributed by atoms with E-state index in [1.165, 1.54) is 28.7 Å². The second kappa shape index (κ2) is 4.56. The fourth-order valence-electron chi connectivity index (χ4n) is 2.89. The molecule has 0 aromatic heterocycles. The molecule has 1 aromatic carbocycles. The van der Waals surface area contributed by atoms with Crippen molar-refractivity contribution < 1.29 is 4.74 Å². The van der Waals surface area contributed by atoms with Crippen LogP contribution in [0.3, 0.4) is 0 Å². The second-order valence-electron chi connectivity index (χ2n) is 5.44. The molecule has 0 spiro atoms. The summed E-state index contributed by atoms with van der Waals surface area (Å²) in [6, 6.07) is 4.54. The van der Waals surface area contributed by atoms with Gasteiger partial charge in [0.05, 0.1) is 7.11 Å². The molecule has 1 aliphatic rings. The predicted octanol–water partition coefficient (Wildman–Crippen LogP) is 4.56. The lowest BCUT2D eigenvalue weighted by molar-refractivity contribution is 0.411. The highest BCUT2D eigenvalue weighted by Gasteiger charge is 2.27. The van der Waals surface area contributed by atoms with Gasteiger partial charge in [-0.15, -0.1) is 0 Å². The van der Waals surface area contributed by atoms with Gasteiger partial charge in [0.1, 0.15) is 5.75 Å². The van der Waals surface area contributed by atoms with Crippen LogP contribution in [0.15, 0.2) is 23.8 Å². The molecule has 0 N–H and O–H groups in total. The molecule has 1 aromatic rings. The van der Waals surface area contributed by atoms with E-state index in [9.17, 15) is 0 Å². The Kier molecular flexibility index (Phi) is 3.28. The van der Waals surface area contributed by atoms with Gasteiger partial charge < -0.3 is 4.74 Å². The van der Waals surface area contributed by atoms with E-state index in [0.717, 1.165) is 5.75 Å². The monoisotopic (exact) mass is 230 g/mol. The molecule has 1 nitrogen and oxygen atoms in total. The number of ether oxygens (including phenoxy) is 1. The third-order valence-electron chi connectivity index (χ3n) is 3.67. The maximum Gasteiger partial charge on any atom is 0.122 e. The van der Waals surface area contributed by atoms with Gasteiger partial charge in [0, 0.05) is 5.92 Å². The molecule has 2 atom stereocenters. The summed E-state index contributed by atoms with van der Waals surface area (Å²) in [7, 11) is 1.75. The van der Waals surface area contributed by atoms with Crippen molar-refractivity contribution in [3.05, 3.63) is 40.5 Å². The molecule has 0 aliphatic heterocycles. The summed E-state index contributed by atoms with van der Waals surface area (Å²) in [5, 5.41) is 0. The Hall–Kier alpha value is -1.24. The molecule has 0 bridgehead atoms. The van der Waals surface area contributed by atoms with E-state index in [1.54, 1.807) is 7.11 Å². The summed E-state index contributed by atoms with van der Waals surface area (Å²) in [5.41, 5.74) is 5.61. The quantitative estimate of drug-likeness (QED) is 0.677. The maximum absolute atomic E-state index is 5.42. The minimum atomic E-state index is 0.592. The highest BCUT2D eigenvalue weighted by Crippen LogP contribution is 2.44. The Labute approximate surface area is 104 Å². The van der Waals surface area contributed by atoms with Crippen LogP contribution in [-0.2, 0) is 0 Å². The first kappa shape index (κ1) is 12.2. The van der Waals surface area contributed by atoms with Crippen molar-refractivity contribution >= 4 is 0 Å². The van der Waals surface area contributed by atoms with Crippen LogP contribution < -0.4 is 4.74 Å². The van der Waals surface area contributed by atoms with E-state index in [1.807, 2.05) is 0 Å². The van der Waals surface area contributed by atoms with E-state index in [4.69, 9.17) is 4.74 Å². The highest BCUT2D eigenvalue weighted by atomic mass is 16.5. The highest BCUT2D eigenvalue weighted by molar-refractivity contribution is 5.49. The number of benzene rings is 1. The first-order valence-electron chi connectivity index (χ1n) is 6.36. The largest absolute Gasteiger partial charge is 0.496 e. The molecule has 0 saturated heterocycles. The minimum Gasteiger partial charge on any atom is -0.496 e. The summed E-state index contributed by atoms with van der Waals surface area (Å²) in [4.78, 5) is 0. The number of fused-ring (bicyclic) bond motifs is 1.